The molecule has 0 amide bonds. The Hall–Kier alpha value is -1.13. The van der Waals surface area contributed by atoms with E-state index in [4.69, 9.17) is 10.7 Å². The van der Waals surface area contributed by atoms with E-state index in [0.717, 1.165) is 6.07 Å². The van der Waals surface area contributed by atoms with E-state index in [2.05, 4.69) is 9.47 Å². The minimum atomic E-state index is -4.87. The maximum Gasteiger partial charge on any atom is 0.522 e. The van der Waals surface area contributed by atoms with Crippen molar-refractivity contribution in [1.82, 2.24) is 0 Å². The normalized spacial score (nSPS) is 12.5. The molecule has 1 aromatic carbocycles. The molecule has 0 heterocycles. The Kier molecular flexibility index (Phi) is 5.16. The highest BCUT2D eigenvalue weighted by Crippen LogP contribution is 2.27. The van der Waals surface area contributed by atoms with Gasteiger partial charge in [0.2, 0.25) is 5.82 Å². The minimum absolute atomic E-state index is 0.626. The van der Waals surface area contributed by atoms with Gasteiger partial charge in [0.1, 0.15) is 11.5 Å². The zero-order valence-electron chi connectivity index (χ0n) is 9.38. The van der Waals surface area contributed by atoms with Crippen LogP contribution in [0.2, 0.25) is 0 Å². The lowest BCUT2D eigenvalue weighted by molar-refractivity contribution is -0.325. The molecule has 0 aliphatic rings. The van der Waals surface area contributed by atoms with E-state index < -0.39 is 50.9 Å². The maximum atomic E-state index is 13.4. The van der Waals surface area contributed by atoms with Gasteiger partial charge in [-0.25, -0.2) is 12.8 Å². The lowest BCUT2D eigenvalue weighted by Crippen LogP contribution is -2.18. The largest absolute Gasteiger partial charge is 0.522 e. The van der Waals surface area contributed by atoms with E-state index in [1.165, 1.54) is 0 Å². The Morgan fingerprint density at radius 3 is 2.20 bits per heavy atom. The fourth-order valence-electron chi connectivity index (χ4n) is 1.12. The maximum absolute atomic E-state index is 13.4. The highest BCUT2D eigenvalue weighted by molar-refractivity contribution is 8.13. The quantitative estimate of drug-likeness (QED) is 0.470. The molecule has 11 heteroatoms. The van der Waals surface area contributed by atoms with Gasteiger partial charge in [0.25, 0.3) is 9.05 Å². The molecule has 0 aromatic heterocycles. The van der Waals surface area contributed by atoms with E-state index >= 15 is 0 Å². The molecule has 0 unspecified atom stereocenters. The number of alkyl halides is 3. The molecule has 114 valence electrons. The smallest absolute Gasteiger partial charge is 0.488 e. The van der Waals surface area contributed by atoms with E-state index in [-0.39, 0.29) is 0 Å². The first-order valence-electron chi connectivity index (χ1n) is 4.78. The first-order chi connectivity index (χ1) is 9.02. The predicted octanol–water partition coefficient (Wildman–Crippen LogP) is 2.81. The summed E-state index contributed by atoms with van der Waals surface area (Å²) in [6.45, 7) is -1.66. The molecule has 0 radical (unpaired) electrons. The predicted molar refractivity (Wildman–Crippen MR) is 56.9 cm³/mol. The van der Waals surface area contributed by atoms with Crippen molar-refractivity contribution in [2.45, 2.75) is 11.3 Å². The zero-order valence-corrected chi connectivity index (χ0v) is 11.0. The second kappa shape index (κ2) is 6.10. The van der Waals surface area contributed by atoms with Crippen LogP contribution in [-0.2, 0) is 13.8 Å². The molecule has 0 fully saturated rings. The molecule has 0 aliphatic carbocycles. The van der Waals surface area contributed by atoms with Crippen LogP contribution in [0.3, 0.4) is 0 Å². The van der Waals surface area contributed by atoms with Gasteiger partial charge < -0.3 is 4.74 Å². The van der Waals surface area contributed by atoms with Crippen molar-refractivity contribution in [3.8, 4) is 5.75 Å². The van der Waals surface area contributed by atoms with Gasteiger partial charge in [-0.1, -0.05) is 0 Å². The molecule has 4 nitrogen and oxygen atoms in total. The summed E-state index contributed by atoms with van der Waals surface area (Å²) in [5, 5.41) is 0. The van der Waals surface area contributed by atoms with Crippen molar-refractivity contribution < 1.29 is 39.8 Å². The number of hydrogen-bond donors (Lipinski definition) is 0. The molecule has 0 saturated heterocycles. The van der Waals surface area contributed by atoms with Crippen molar-refractivity contribution in [2.75, 3.05) is 13.2 Å². The third-order valence-corrected chi connectivity index (χ3v) is 3.22. The van der Waals surface area contributed by atoms with Gasteiger partial charge >= 0.3 is 6.36 Å². The number of rotatable bonds is 5. The number of benzene rings is 1. The van der Waals surface area contributed by atoms with E-state index in [9.17, 15) is 30.4 Å². The highest BCUT2D eigenvalue weighted by Gasteiger charge is 2.29. The molecule has 0 N–H and O–H groups in total. The number of ether oxygens (including phenoxy) is 2. The Morgan fingerprint density at radius 1 is 1.10 bits per heavy atom. The highest BCUT2D eigenvalue weighted by atomic mass is 35.7. The van der Waals surface area contributed by atoms with E-state index in [0.29, 0.717) is 6.07 Å². The SMILES string of the molecule is O=S(=O)(Cl)c1ccc(OCCOC(F)(F)F)c(F)c1F. The summed E-state index contributed by atoms with van der Waals surface area (Å²) in [6.07, 6.45) is -4.87. The van der Waals surface area contributed by atoms with Gasteiger partial charge in [-0.2, -0.15) is 4.39 Å². The lowest BCUT2D eigenvalue weighted by Gasteiger charge is -2.10. The van der Waals surface area contributed by atoms with Crippen LogP contribution < -0.4 is 4.74 Å². The van der Waals surface area contributed by atoms with Crippen LogP contribution in [0.4, 0.5) is 22.0 Å². The average Bonchev–Trinajstić information content (AvgIpc) is 2.26. The first kappa shape index (κ1) is 16.9. The lowest BCUT2D eigenvalue weighted by atomic mass is 10.3. The van der Waals surface area contributed by atoms with E-state index in [1.54, 1.807) is 0 Å². The van der Waals surface area contributed by atoms with Crippen LogP contribution in [-0.4, -0.2) is 28.0 Å². The summed E-state index contributed by atoms with van der Waals surface area (Å²) in [5.74, 6) is -4.23. The standard InChI is InChI=1S/C9H6ClF5O4S/c10-20(16,17)6-2-1-5(7(11)8(6)12)18-3-4-19-9(13,14)15/h1-2H,3-4H2. The summed E-state index contributed by atoms with van der Waals surface area (Å²) in [4.78, 5) is -1.10. The molecule has 0 spiro atoms. The fraction of sp³-hybridized carbons (Fsp3) is 0.333. The molecule has 0 saturated carbocycles. The summed E-state index contributed by atoms with van der Waals surface area (Å²) >= 11 is 0. The van der Waals surface area contributed by atoms with Crippen LogP contribution in [0, 0.1) is 11.6 Å². The van der Waals surface area contributed by atoms with Crippen LogP contribution in [0.1, 0.15) is 0 Å². The van der Waals surface area contributed by atoms with Gasteiger partial charge in [0.15, 0.2) is 11.6 Å². The zero-order chi connectivity index (χ0) is 15.6. The van der Waals surface area contributed by atoms with Crippen molar-refractivity contribution in [1.29, 1.82) is 0 Å². The minimum Gasteiger partial charge on any atom is -0.488 e. The molecular weight excluding hydrogens is 335 g/mol. The Morgan fingerprint density at radius 2 is 1.70 bits per heavy atom. The molecule has 1 aromatic rings. The Bertz CT molecular complexity index is 587. The summed E-state index contributed by atoms with van der Waals surface area (Å²) < 4.78 is 91.1. The molecular formula is C9H6ClF5O4S. The van der Waals surface area contributed by atoms with E-state index in [1.807, 2.05) is 0 Å². The molecule has 0 atom stereocenters. The fourth-order valence-corrected chi connectivity index (χ4v) is 2.01. The second-order valence-electron chi connectivity index (χ2n) is 3.27. The molecule has 0 bridgehead atoms. The summed E-state index contributed by atoms with van der Waals surface area (Å²) in [7, 11) is 0.356. The molecule has 20 heavy (non-hydrogen) atoms. The summed E-state index contributed by atoms with van der Waals surface area (Å²) in [6, 6.07) is 1.35. The van der Waals surface area contributed by atoms with Gasteiger partial charge in [0, 0.05) is 10.7 Å². The van der Waals surface area contributed by atoms with Crippen LogP contribution >= 0.6 is 10.7 Å². The topological polar surface area (TPSA) is 52.6 Å². The monoisotopic (exact) mass is 340 g/mol. The van der Waals surface area contributed by atoms with Gasteiger partial charge in [-0.05, 0) is 12.1 Å². The molecule has 0 aliphatic heterocycles. The average molecular weight is 341 g/mol. The summed E-state index contributed by atoms with van der Waals surface area (Å²) in [5.41, 5.74) is 0. The second-order valence-corrected chi connectivity index (χ2v) is 5.80. The number of hydrogen-bond acceptors (Lipinski definition) is 4. The number of halogens is 6. The van der Waals surface area contributed by atoms with Gasteiger partial charge in [-0.15, -0.1) is 13.2 Å². The third-order valence-electron chi connectivity index (χ3n) is 1.88. The van der Waals surface area contributed by atoms with Crippen molar-refractivity contribution in [3.05, 3.63) is 23.8 Å². The van der Waals surface area contributed by atoms with Crippen molar-refractivity contribution in [2.24, 2.45) is 0 Å². The molecule has 1 rings (SSSR count). The Balaban J connectivity index is 2.77. The van der Waals surface area contributed by atoms with Gasteiger partial charge in [-0.3, -0.25) is 4.74 Å². The van der Waals surface area contributed by atoms with Gasteiger partial charge in [0.05, 0.1) is 6.61 Å². The van der Waals surface area contributed by atoms with Crippen LogP contribution in [0.25, 0.3) is 0 Å². The third kappa shape index (κ3) is 4.76. The van der Waals surface area contributed by atoms with Crippen LogP contribution in [0.5, 0.6) is 5.75 Å². The Labute approximate surface area is 114 Å². The first-order valence-corrected chi connectivity index (χ1v) is 7.09. The van der Waals surface area contributed by atoms with Crippen molar-refractivity contribution in [3.63, 3.8) is 0 Å². The van der Waals surface area contributed by atoms with Crippen molar-refractivity contribution >= 4 is 19.7 Å². The van der Waals surface area contributed by atoms with Crippen LogP contribution in [0.15, 0.2) is 17.0 Å².